The Balaban J connectivity index is 5.00. The molecule has 0 heterocycles. The molecule has 2 unspecified atom stereocenters. The molecule has 8 heteroatoms. The van der Waals surface area contributed by atoms with Gasteiger partial charge in [0.1, 0.15) is 5.92 Å². The minimum Gasteiger partial charge on any atom is -0.452 e. The molecule has 0 bridgehead atoms. The summed E-state index contributed by atoms with van der Waals surface area (Å²) >= 11 is 0. The second-order valence-corrected chi connectivity index (χ2v) is 3.11. The number of ether oxygens (including phenoxy) is 3. The first-order valence-corrected chi connectivity index (χ1v) is 4.99. The molecule has 0 aromatic carbocycles. The van der Waals surface area contributed by atoms with E-state index in [0.717, 1.165) is 0 Å². The number of esters is 2. The molecule has 0 aromatic heterocycles. The van der Waals surface area contributed by atoms with Gasteiger partial charge in [-0.15, -0.1) is 0 Å². The summed E-state index contributed by atoms with van der Waals surface area (Å²) < 4.78 is 12.5. The normalized spacial score (nSPS) is 12.7. The van der Waals surface area contributed by atoms with Crippen molar-refractivity contribution in [3.8, 4) is 0 Å². The SMILES string of the molecule is CCCC(C(=O)OC=O)C(OC=O)C(=O)OC=O. The second kappa shape index (κ2) is 8.85. The van der Waals surface area contributed by atoms with Gasteiger partial charge in [0.05, 0.1) is 0 Å². The second-order valence-electron chi connectivity index (χ2n) is 3.11. The Hall–Kier alpha value is -2.25. The Kier molecular flexibility index (Phi) is 7.74. The van der Waals surface area contributed by atoms with E-state index in [1.165, 1.54) is 0 Å². The summed E-state index contributed by atoms with van der Waals surface area (Å²) in [5.74, 6) is -3.46. The molecule has 0 radical (unpaired) electrons. The van der Waals surface area contributed by atoms with E-state index in [0.29, 0.717) is 6.42 Å². The Morgan fingerprint density at radius 3 is 2.00 bits per heavy atom. The van der Waals surface area contributed by atoms with Crippen molar-refractivity contribution in [1.29, 1.82) is 0 Å². The summed E-state index contributed by atoms with van der Waals surface area (Å²) in [6, 6.07) is 0. The van der Waals surface area contributed by atoms with E-state index in [2.05, 4.69) is 14.2 Å². The van der Waals surface area contributed by atoms with Crippen molar-refractivity contribution in [1.82, 2.24) is 0 Å². The summed E-state index contributed by atoms with van der Waals surface area (Å²) in [6.45, 7) is 1.38. The Morgan fingerprint density at radius 2 is 1.56 bits per heavy atom. The van der Waals surface area contributed by atoms with Gasteiger partial charge in [-0.2, -0.15) is 0 Å². The molecular formula is C10H12O8. The van der Waals surface area contributed by atoms with Crippen LogP contribution in [-0.2, 0) is 38.2 Å². The number of hydrogen-bond donors (Lipinski definition) is 0. The lowest BCUT2D eigenvalue weighted by Gasteiger charge is -2.20. The van der Waals surface area contributed by atoms with Crippen LogP contribution < -0.4 is 0 Å². The maximum absolute atomic E-state index is 11.4. The number of hydrogen-bond acceptors (Lipinski definition) is 8. The van der Waals surface area contributed by atoms with E-state index >= 15 is 0 Å². The number of carbonyl (C=O) groups is 5. The van der Waals surface area contributed by atoms with Crippen LogP contribution in [0.2, 0.25) is 0 Å². The molecule has 8 nitrogen and oxygen atoms in total. The first-order chi connectivity index (χ1) is 8.62. The molecule has 0 aliphatic rings. The molecule has 0 aliphatic carbocycles. The molecule has 0 aromatic rings. The third kappa shape index (κ3) is 4.73. The van der Waals surface area contributed by atoms with Crippen molar-refractivity contribution < 1.29 is 38.2 Å². The average molecular weight is 260 g/mol. The summed E-state index contributed by atoms with van der Waals surface area (Å²) in [5, 5.41) is 0. The van der Waals surface area contributed by atoms with Crippen LogP contribution in [-0.4, -0.2) is 37.5 Å². The Morgan fingerprint density at radius 1 is 1.00 bits per heavy atom. The fourth-order valence-electron chi connectivity index (χ4n) is 1.33. The third-order valence-electron chi connectivity index (χ3n) is 2.03. The molecule has 18 heavy (non-hydrogen) atoms. The number of carbonyl (C=O) groups excluding carboxylic acids is 5. The quantitative estimate of drug-likeness (QED) is 0.232. The molecule has 2 atom stereocenters. The van der Waals surface area contributed by atoms with E-state index in [4.69, 9.17) is 0 Å². The summed E-state index contributed by atoms with van der Waals surface area (Å²) in [7, 11) is 0. The van der Waals surface area contributed by atoms with Crippen LogP contribution in [0.5, 0.6) is 0 Å². The van der Waals surface area contributed by atoms with Gasteiger partial charge in [0.15, 0.2) is 0 Å². The first-order valence-electron chi connectivity index (χ1n) is 4.99. The van der Waals surface area contributed by atoms with Crippen molar-refractivity contribution in [2.24, 2.45) is 5.92 Å². The van der Waals surface area contributed by atoms with Crippen molar-refractivity contribution >= 4 is 31.4 Å². The molecular weight excluding hydrogens is 248 g/mol. The van der Waals surface area contributed by atoms with E-state index in [9.17, 15) is 24.0 Å². The van der Waals surface area contributed by atoms with Crippen LogP contribution in [0, 0.1) is 5.92 Å². The van der Waals surface area contributed by atoms with Gasteiger partial charge in [-0.05, 0) is 6.42 Å². The van der Waals surface area contributed by atoms with Gasteiger partial charge in [0, 0.05) is 0 Å². The van der Waals surface area contributed by atoms with Crippen LogP contribution >= 0.6 is 0 Å². The van der Waals surface area contributed by atoms with Gasteiger partial charge in [-0.25, -0.2) is 4.79 Å². The lowest BCUT2D eigenvalue weighted by molar-refractivity contribution is -0.175. The van der Waals surface area contributed by atoms with Crippen LogP contribution in [0.25, 0.3) is 0 Å². The predicted molar refractivity (Wildman–Crippen MR) is 53.6 cm³/mol. The van der Waals surface area contributed by atoms with Crippen molar-refractivity contribution in [2.75, 3.05) is 0 Å². The van der Waals surface area contributed by atoms with Crippen LogP contribution in [0.3, 0.4) is 0 Å². The highest BCUT2D eigenvalue weighted by atomic mass is 16.6. The summed E-state index contributed by atoms with van der Waals surface area (Å²) in [5.41, 5.74) is 0. The maximum Gasteiger partial charge on any atom is 0.355 e. The van der Waals surface area contributed by atoms with Crippen LogP contribution in [0.15, 0.2) is 0 Å². The zero-order valence-electron chi connectivity index (χ0n) is 9.57. The molecule has 0 N–H and O–H groups in total. The Labute approximate surface area is 102 Å². The predicted octanol–water partition coefficient (Wildman–Crippen LogP) is -0.657. The van der Waals surface area contributed by atoms with E-state index in [-0.39, 0.29) is 25.8 Å². The van der Waals surface area contributed by atoms with Gasteiger partial charge < -0.3 is 14.2 Å². The van der Waals surface area contributed by atoms with Crippen molar-refractivity contribution in [3.63, 3.8) is 0 Å². The van der Waals surface area contributed by atoms with Crippen molar-refractivity contribution in [3.05, 3.63) is 0 Å². The number of rotatable bonds is 9. The smallest absolute Gasteiger partial charge is 0.355 e. The summed E-state index contributed by atoms with van der Waals surface area (Å²) in [6.07, 6.45) is -1.06. The topological polar surface area (TPSA) is 113 Å². The lowest BCUT2D eigenvalue weighted by atomic mass is 9.97. The average Bonchev–Trinajstić information content (AvgIpc) is 2.34. The van der Waals surface area contributed by atoms with E-state index in [1.807, 2.05) is 0 Å². The summed E-state index contributed by atoms with van der Waals surface area (Å²) in [4.78, 5) is 53.1. The van der Waals surface area contributed by atoms with E-state index in [1.54, 1.807) is 6.92 Å². The van der Waals surface area contributed by atoms with Gasteiger partial charge in [0.2, 0.25) is 6.10 Å². The molecule has 100 valence electrons. The molecule has 0 saturated carbocycles. The molecule has 0 amide bonds. The van der Waals surface area contributed by atoms with Gasteiger partial charge in [-0.1, -0.05) is 13.3 Å². The third-order valence-corrected chi connectivity index (χ3v) is 2.03. The van der Waals surface area contributed by atoms with Crippen molar-refractivity contribution in [2.45, 2.75) is 25.9 Å². The Bertz CT molecular complexity index is 324. The van der Waals surface area contributed by atoms with Gasteiger partial charge in [-0.3, -0.25) is 19.2 Å². The van der Waals surface area contributed by atoms with E-state index < -0.39 is 24.0 Å². The van der Waals surface area contributed by atoms with Gasteiger partial charge >= 0.3 is 24.9 Å². The van der Waals surface area contributed by atoms with Gasteiger partial charge in [0.25, 0.3) is 6.47 Å². The zero-order chi connectivity index (χ0) is 14.0. The molecule has 0 aliphatic heterocycles. The fraction of sp³-hybridized carbons (Fsp3) is 0.500. The minimum absolute atomic E-state index is 0.0619. The highest BCUT2D eigenvalue weighted by molar-refractivity contribution is 5.89. The molecule has 0 rings (SSSR count). The zero-order valence-corrected chi connectivity index (χ0v) is 9.57. The monoisotopic (exact) mass is 260 g/mol. The maximum atomic E-state index is 11.4. The lowest BCUT2D eigenvalue weighted by Crippen LogP contribution is -2.39. The molecule has 0 fully saturated rings. The van der Waals surface area contributed by atoms with Crippen LogP contribution in [0.4, 0.5) is 0 Å². The highest BCUT2D eigenvalue weighted by Gasteiger charge is 2.37. The largest absolute Gasteiger partial charge is 0.452 e. The van der Waals surface area contributed by atoms with Crippen LogP contribution in [0.1, 0.15) is 19.8 Å². The molecule has 0 spiro atoms. The first kappa shape index (κ1) is 15.8. The standard InChI is InChI=1S/C10H12O8/c1-2-3-7(9(14)17-5-12)8(16-4-11)10(15)18-6-13/h4-8H,2-3H2,1H3. The minimum atomic E-state index is -1.62. The fourth-order valence-corrected chi connectivity index (χ4v) is 1.33. The molecule has 0 saturated heterocycles. The highest BCUT2D eigenvalue weighted by Crippen LogP contribution is 2.17.